The molecule has 0 radical (unpaired) electrons. The number of benzene rings is 1. The van der Waals surface area contributed by atoms with Gasteiger partial charge in [0.05, 0.1) is 18.6 Å². The lowest BCUT2D eigenvalue weighted by Gasteiger charge is -2.43. The summed E-state index contributed by atoms with van der Waals surface area (Å²) in [5.74, 6) is -2.80. The monoisotopic (exact) mass is 862 g/mol. The number of rotatable bonds is 15. The Labute approximate surface area is 367 Å². The van der Waals surface area contributed by atoms with Gasteiger partial charge in [-0.3, -0.25) is 24.0 Å². The Hall–Kier alpha value is -4.95. The Morgan fingerprint density at radius 1 is 0.952 bits per heavy atom. The molecule has 5 rings (SSSR count). The highest BCUT2D eigenvalue weighted by Gasteiger charge is 2.50. The molecule has 0 bridgehead atoms. The van der Waals surface area contributed by atoms with Crippen molar-refractivity contribution in [3.63, 3.8) is 0 Å². The molecule has 1 aliphatic carbocycles. The number of nitrogens with zero attached hydrogens (tertiary/aromatic N) is 3. The van der Waals surface area contributed by atoms with Gasteiger partial charge >= 0.3 is 12.1 Å². The number of fused-ring (bicyclic) bond motifs is 1. The lowest BCUT2D eigenvalue weighted by Crippen LogP contribution is -2.63. The number of carbonyl (C=O) groups is 7. The molecule has 1 aromatic rings. The van der Waals surface area contributed by atoms with E-state index in [1.807, 2.05) is 63.8 Å². The van der Waals surface area contributed by atoms with Gasteiger partial charge in [0.1, 0.15) is 18.2 Å². The number of hydrogen-bond donors (Lipinski definition) is 4. The van der Waals surface area contributed by atoms with E-state index in [9.17, 15) is 28.8 Å². The van der Waals surface area contributed by atoms with E-state index in [0.717, 1.165) is 36.8 Å². The number of nitrogens with one attached hydrogen (secondary N) is 4. The highest BCUT2D eigenvalue weighted by Crippen LogP contribution is 2.41. The van der Waals surface area contributed by atoms with Gasteiger partial charge in [-0.1, -0.05) is 104 Å². The Morgan fingerprint density at radius 2 is 1.65 bits per heavy atom. The van der Waals surface area contributed by atoms with E-state index in [1.165, 1.54) is 11.0 Å². The van der Waals surface area contributed by atoms with Crippen LogP contribution >= 0.6 is 0 Å². The Kier molecular flexibility index (Phi) is 15.9. The standard InChI is InChI=1S/C47H71N7O8/c1-9-16-34(38(56)41(58)48-23-10-2)49-40(57)35-26-33(62-44(61)53-24-19-31-17-12-13-18-32(31)28-53)29-54(35)42(59)39(47(8)20-14-11-15-21-47)51-43(60)50-36(45(3,4)5)30-52-25-22-46(6,7)27-37(52)55/h10,12-13,17-18,33-36,39H,2,9,11,14-16,19-30H2,1,3-8H3,(H,48,58)(H,49,57)(H2,50,51,60)/t33?,34?,35-,36+,39+/m0/s1. The van der Waals surface area contributed by atoms with Crippen LogP contribution in [0.1, 0.15) is 124 Å². The predicted molar refractivity (Wildman–Crippen MR) is 235 cm³/mol. The van der Waals surface area contributed by atoms with Gasteiger partial charge in [0.2, 0.25) is 23.5 Å². The van der Waals surface area contributed by atoms with Gasteiger partial charge < -0.3 is 40.7 Å². The summed E-state index contributed by atoms with van der Waals surface area (Å²) in [7, 11) is 0. The molecule has 3 fully saturated rings. The molecule has 2 unspecified atom stereocenters. The minimum Gasteiger partial charge on any atom is -0.444 e. The zero-order chi connectivity index (χ0) is 45.4. The quantitative estimate of drug-likeness (QED) is 0.140. The third kappa shape index (κ3) is 12.1. The van der Waals surface area contributed by atoms with Gasteiger partial charge in [0.25, 0.3) is 5.91 Å². The molecule has 1 saturated carbocycles. The van der Waals surface area contributed by atoms with E-state index in [0.29, 0.717) is 58.3 Å². The van der Waals surface area contributed by atoms with E-state index >= 15 is 4.79 Å². The van der Waals surface area contributed by atoms with E-state index < -0.39 is 76.7 Å². The average Bonchev–Trinajstić information content (AvgIpc) is 3.65. The summed E-state index contributed by atoms with van der Waals surface area (Å²) in [6.07, 6.45) is 6.53. The number of Topliss-reactive ketones (excluding diaryl/α,β-unsaturated/α-hetero) is 1. The molecule has 1 aromatic carbocycles. The molecule has 15 nitrogen and oxygen atoms in total. The maximum atomic E-state index is 15.2. The molecule has 2 saturated heterocycles. The normalized spacial score (nSPS) is 22.3. The fraction of sp³-hybridized carbons (Fsp3) is 0.681. The Bertz CT molecular complexity index is 1840. The second kappa shape index (κ2) is 20.5. The number of carbonyl (C=O) groups excluding carboxylic acids is 7. The van der Waals surface area contributed by atoms with Crippen LogP contribution in [0.2, 0.25) is 0 Å². The van der Waals surface area contributed by atoms with Crippen LogP contribution in [0.5, 0.6) is 0 Å². The van der Waals surface area contributed by atoms with E-state index in [4.69, 9.17) is 4.74 Å². The Balaban J connectivity index is 1.41. The van der Waals surface area contributed by atoms with Gasteiger partial charge in [0.15, 0.2) is 0 Å². The van der Waals surface area contributed by atoms with Gasteiger partial charge in [-0.2, -0.15) is 0 Å². The SMILES string of the molecule is C=CCNC(=O)C(=O)C(CCC)NC(=O)[C@@H]1CC(OC(=O)N2CCc3ccccc3C2)CN1C(=O)[C@@H](NC(=O)N[C@H](CN1CCC(C)(C)CC1=O)C(C)(C)C)C1(C)CCCCC1. The van der Waals surface area contributed by atoms with Gasteiger partial charge in [-0.15, -0.1) is 6.58 Å². The van der Waals surface area contributed by atoms with Gasteiger partial charge in [-0.05, 0) is 59.5 Å². The highest BCUT2D eigenvalue weighted by molar-refractivity contribution is 6.38. The Morgan fingerprint density at radius 3 is 2.29 bits per heavy atom. The number of hydrogen-bond acceptors (Lipinski definition) is 8. The largest absolute Gasteiger partial charge is 0.444 e. The van der Waals surface area contributed by atoms with Gasteiger partial charge in [-0.25, -0.2) is 9.59 Å². The van der Waals surface area contributed by atoms with Crippen LogP contribution in [0.15, 0.2) is 36.9 Å². The lowest BCUT2D eigenvalue weighted by atomic mass is 9.70. The summed E-state index contributed by atoms with van der Waals surface area (Å²) < 4.78 is 6.07. The molecular weight excluding hydrogens is 791 g/mol. The minimum atomic E-state index is -1.18. The van der Waals surface area contributed by atoms with Crippen molar-refractivity contribution in [2.24, 2.45) is 16.2 Å². The fourth-order valence-corrected chi connectivity index (χ4v) is 9.28. The number of amides is 7. The van der Waals surface area contributed by atoms with E-state index in [-0.39, 0.29) is 37.3 Å². The third-order valence-corrected chi connectivity index (χ3v) is 13.4. The summed E-state index contributed by atoms with van der Waals surface area (Å²) in [5, 5.41) is 11.4. The van der Waals surface area contributed by atoms with Crippen molar-refractivity contribution in [2.45, 2.75) is 156 Å². The van der Waals surface area contributed by atoms with E-state index in [2.05, 4.69) is 41.7 Å². The van der Waals surface area contributed by atoms with Gasteiger partial charge in [0, 0.05) is 45.6 Å². The van der Waals surface area contributed by atoms with Crippen LogP contribution in [0, 0.1) is 16.2 Å². The van der Waals surface area contributed by atoms with Crippen LogP contribution in [0.3, 0.4) is 0 Å². The molecule has 0 spiro atoms. The van der Waals surface area contributed by atoms with Crippen molar-refractivity contribution < 1.29 is 38.3 Å². The molecule has 15 heteroatoms. The van der Waals surface area contributed by atoms with Crippen molar-refractivity contribution in [1.82, 2.24) is 36.0 Å². The number of ketones is 1. The zero-order valence-corrected chi connectivity index (χ0v) is 38.1. The van der Waals surface area contributed by atoms with Crippen LogP contribution in [0.25, 0.3) is 0 Å². The third-order valence-electron chi connectivity index (χ3n) is 13.4. The molecule has 342 valence electrons. The smallest absolute Gasteiger partial charge is 0.410 e. The molecule has 7 amide bonds. The number of ether oxygens (including phenoxy) is 1. The first-order valence-electron chi connectivity index (χ1n) is 22.7. The molecule has 62 heavy (non-hydrogen) atoms. The summed E-state index contributed by atoms with van der Waals surface area (Å²) in [6.45, 7) is 19.2. The van der Waals surface area contributed by atoms with Crippen LogP contribution in [0.4, 0.5) is 9.59 Å². The molecule has 5 atom stereocenters. The maximum Gasteiger partial charge on any atom is 0.410 e. The maximum absolute atomic E-state index is 15.2. The minimum absolute atomic E-state index is 0.0412. The molecule has 0 aromatic heterocycles. The number of piperidine rings is 1. The fourth-order valence-electron chi connectivity index (χ4n) is 9.28. The van der Waals surface area contributed by atoms with Crippen molar-refractivity contribution in [1.29, 1.82) is 0 Å². The molecule has 3 heterocycles. The molecule has 4 aliphatic rings. The van der Waals surface area contributed by atoms with Crippen molar-refractivity contribution in [3.05, 3.63) is 48.0 Å². The van der Waals surface area contributed by atoms with Crippen LogP contribution in [-0.2, 0) is 41.7 Å². The molecule has 4 N–H and O–H groups in total. The van der Waals surface area contributed by atoms with E-state index in [1.54, 1.807) is 4.90 Å². The zero-order valence-electron chi connectivity index (χ0n) is 38.1. The summed E-state index contributed by atoms with van der Waals surface area (Å²) in [4.78, 5) is 102. The lowest BCUT2D eigenvalue weighted by molar-refractivity contribution is -0.144. The van der Waals surface area contributed by atoms with Crippen LogP contribution in [-0.4, -0.2) is 119 Å². The first kappa shape index (κ1) is 48.1. The van der Waals surface area contributed by atoms with Crippen molar-refractivity contribution in [2.75, 3.05) is 32.7 Å². The predicted octanol–water partition coefficient (Wildman–Crippen LogP) is 5.01. The highest BCUT2D eigenvalue weighted by atomic mass is 16.6. The van der Waals surface area contributed by atoms with Crippen molar-refractivity contribution in [3.8, 4) is 0 Å². The second-order valence-corrected chi connectivity index (χ2v) is 20.0. The van der Waals surface area contributed by atoms with Crippen LogP contribution < -0.4 is 21.3 Å². The summed E-state index contributed by atoms with van der Waals surface area (Å²) in [6, 6.07) is 3.49. The number of likely N-dealkylation sites (tertiary alicyclic amines) is 2. The topological polar surface area (TPSA) is 187 Å². The first-order chi connectivity index (χ1) is 29.2. The summed E-state index contributed by atoms with van der Waals surface area (Å²) in [5.41, 5.74) is 0.968. The number of urea groups is 1. The first-order valence-corrected chi connectivity index (χ1v) is 22.7. The summed E-state index contributed by atoms with van der Waals surface area (Å²) >= 11 is 0. The van der Waals surface area contributed by atoms with Crippen molar-refractivity contribution >= 4 is 41.5 Å². The molecule has 3 aliphatic heterocycles. The molecular formula is C47H71N7O8. The average molecular weight is 862 g/mol. The second-order valence-electron chi connectivity index (χ2n) is 20.0.